The van der Waals surface area contributed by atoms with Crippen LogP contribution in [0.25, 0.3) is 5.57 Å². The molecule has 1 aromatic carbocycles. The summed E-state index contributed by atoms with van der Waals surface area (Å²) in [6.07, 6.45) is 5.87. The highest BCUT2D eigenvalue weighted by atomic mass is 35.5. The molecule has 0 heterocycles. The van der Waals surface area contributed by atoms with Crippen molar-refractivity contribution in [3.8, 4) is 0 Å². The van der Waals surface area contributed by atoms with Gasteiger partial charge in [-0.25, -0.2) is 0 Å². The summed E-state index contributed by atoms with van der Waals surface area (Å²) in [5, 5.41) is 0.909. The average molecular weight is 239 g/mol. The van der Waals surface area contributed by atoms with Gasteiger partial charge in [-0.3, -0.25) is 4.79 Å². The van der Waals surface area contributed by atoms with Crippen LogP contribution in [0.15, 0.2) is 36.4 Å². The highest BCUT2D eigenvalue weighted by molar-refractivity contribution is 6.44. The monoisotopic (exact) mass is 238 g/mol. The molecule has 0 saturated heterocycles. The molecule has 0 aliphatic heterocycles. The second-order valence-corrected chi connectivity index (χ2v) is 4.02. The Morgan fingerprint density at radius 2 is 2.00 bits per heavy atom. The number of hydrogen-bond donors (Lipinski definition) is 0. The molecule has 76 valence electrons. The lowest BCUT2D eigenvalue weighted by atomic mass is 9.96. The standard InChI is InChI=1S/C12H8Cl2O/c13-10-6-3-5-9(12(10)14)8-4-1-2-7-11(8)15/h1-6H,7H2. The largest absolute Gasteiger partial charge is 0.294 e. The van der Waals surface area contributed by atoms with Gasteiger partial charge in [-0.2, -0.15) is 0 Å². The Hall–Kier alpha value is -1.05. The minimum Gasteiger partial charge on any atom is -0.294 e. The third-order valence-electron chi connectivity index (χ3n) is 2.24. The number of Topliss-reactive ketones (excluding diaryl/α,β-unsaturated/α-hetero) is 1. The first-order valence-corrected chi connectivity index (χ1v) is 5.30. The first kappa shape index (κ1) is 10.5. The fourth-order valence-corrected chi connectivity index (χ4v) is 1.90. The van der Waals surface area contributed by atoms with Gasteiger partial charge in [0.15, 0.2) is 5.78 Å². The summed E-state index contributed by atoms with van der Waals surface area (Å²) in [5.41, 5.74) is 1.34. The summed E-state index contributed by atoms with van der Waals surface area (Å²) in [4.78, 5) is 11.6. The molecule has 0 spiro atoms. The average Bonchev–Trinajstić information content (AvgIpc) is 2.23. The lowest BCUT2D eigenvalue weighted by Crippen LogP contribution is -2.03. The lowest BCUT2D eigenvalue weighted by molar-refractivity contribution is -0.113. The molecule has 1 aliphatic carbocycles. The van der Waals surface area contributed by atoms with Gasteiger partial charge in [0.1, 0.15) is 0 Å². The summed E-state index contributed by atoms with van der Waals surface area (Å²) in [6, 6.07) is 5.30. The molecule has 0 bridgehead atoms. The molecule has 1 aliphatic rings. The van der Waals surface area contributed by atoms with Crippen molar-refractivity contribution in [2.45, 2.75) is 6.42 Å². The van der Waals surface area contributed by atoms with Crippen molar-refractivity contribution in [2.75, 3.05) is 0 Å². The molecule has 0 amide bonds. The maximum absolute atomic E-state index is 11.6. The highest BCUT2D eigenvalue weighted by Gasteiger charge is 2.16. The van der Waals surface area contributed by atoms with Gasteiger partial charge in [-0.1, -0.05) is 53.6 Å². The van der Waals surface area contributed by atoms with E-state index in [1.807, 2.05) is 12.2 Å². The topological polar surface area (TPSA) is 17.1 Å². The van der Waals surface area contributed by atoms with E-state index in [4.69, 9.17) is 23.2 Å². The van der Waals surface area contributed by atoms with Crippen molar-refractivity contribution in [3.63, 3.8) is 0 Å². The maximum Gasteiger partial charge on any atom is 0.167 e. The molecule has 15 heavy (non-hydrogen) atoms. The molecule has 0 aromatic heterocycles. The number of carbonyl (C=O) groups is 1. The first-order valence-electron chi connectivity index (χ1n) is 4.54. The minimum atomic E-state index is 0.0710. The van der Waals surface area contributed by atoms with E-state index >= 15 is 0 Å². The third kappa shape index (κ3) is 1.99. The van der Waals surface area contributed by atoms with E-state index in [1.54, 1.807) is 24.3 Å². The van der Waals surface area contributed by atoms with Crippen LogP contribution < -0.4 is 0 Å². The second kappa shape index (κ2) is 4.21. The zero-order valence-corrected chi connectivity index (χ0v) is 9.35. The van der Waals surface area contributed by atoms with Crippen LogP contribution in [0.3, 0.4) is 0 Å². The molecule has 0 unspecified atom stereocenters. The van der Waals surface area contributed by atoms with Gasteiger partial charge >= 0.3 is 0 Å². The third-order valence-corrected chi connectivity index (χ3v) is 3.06. The Kier molecular flexibility index (Phi) is 2.94. The fourth-order valence-electron chi connectivity index (χ4n) is 1.49. The Bertz CT molecular complexity index is 473. The molecule has 0 radical (unpaired) electrons. The maximum atomic E-state index is 11.6. The fraction of sp³-hybridized carbons (Fsp3) is 0.0833. The van der Waals surface area contributed by atoms with Crippen molar-refractivity contribution in [1.29, 1.82) is 0 Å². The SMILES string of the molecule is O=C1CC=CC=C1c1cccc(Cl)c1Cl. The quantitative estimate of drug-likeness (QED) is 0.726. The predicted octanol–water partition coefficient (Wildman–Crippen LogP) is 3.91. The van der Waals surface area contributed by atoms with E-state index in [9.17, 15) is 4.79 Å². The van der Waals surface area contributed by atoms with Crippen LogP contribution in [0.4, 0.5) is 0 Å². The molecule has 0 saturated carbocycles. The van der Waals surface area contributed by atoms with Crippen LogP contribution in [-0.4, -0.2) is 5.78 Å². The highest BCUT2D eigenvalue weighted by Crippen LogP contribution is 2.32. The number of halogens is 2. The van der Waals surface area contributed by atoms with E-state index in [1.165, 1.54) is 0 Å². The summed E-state index contributed by atoms with van der Waals surface area (Å²) in [5.74, 6) is 0.0710. The van der Waals surface area contributed by atoms with Gasteiger partial charge in [-0.15, -0.1) is 0 Å². The van der Waals surface area contributed by atoms with Gasteiger partial charge in [0.2, 0.25) is 0 Å². The molecule has 1 nitrogen and oxygen atoms in total. The Morgan fingerprint density at radius 1 is 1.20 bits per heavy atom. The number of rotatable bonds is 1. The number of hydrogen-bond acceptors (Lipinski definition) is 1. The molecule has 1 aromatic rings. The Balaban J connectivity index is 2.54. The van der Waals surface area contributed by atoms with E-state index in [-0.39, 0.29) is 5.78 Å². The molecule has 3 heteroatoms. The second-order valence-electron chi connectivity index (χ2n) is 3.24. The van der Waals surface area contributed by atoms with E-state index in [2.05, 4.69) is 0 Å². The van der Waals surface area contributed by atoms with Gasteiger partial charge in [0.25, 0.3) is 0 Å². The van der Waals surface area contributed by atoms with Crippen molar-refractivity contribution in [3.05, 3.63) is 52.0 Å². The minimum absolute atomic E-state index is 0.0710. The summed E-state index contributed by atoms with van der Waals surface area (Å²) < 4.78 is 0. The smallest absolute Gasteiger partial charge is 0.167 e. The summed E-state index contributed by atoms with van der Waals surface area (Å²) in [6.45, 7) is 0. The Labute approximate surface area is 98.0 Å². The first-order chi connectivity index (χ1) is 7.20. The zero-order chi connectivity index (χ0) is 10.8. The van der Waals surface area contributed by atoms with Crippen LogP contribution in [0.2, 0.25) is 10.0 Å². The Morgan fingerprint density at radius 3 is 2.73 bits per heavy atom. The van der Waals surface area contributed by atoms with Crippen LogP contribution in [0.5, 0.6) is 0 Å². The van der Waals surface area contributed by atoms with Crippen LogP contribution in [0.1, 0.15) is 12.0 Å². The van der Waals surface area contributed by atoms with Gasteiger partial charge < -0.3 is 0 Å². The molecule has 0 N–H and O–H groups in total. The predicted molar refractivity (Wildman–Crippen MR) is 63.2 cm³/mol. The molecule has 0 atom stereocenters. The van der Waals surface area contributed by atoms with E-state index in [0.29, 0.717) is 27.6 Å². The van der Waals surface area contributed by atoms with Gasteiger partial charge in [-0.05, 0) is 6.07 Å². The molecule has 0 fully saturated rings. The van der Waals surface area contributed by atoms with Gasteiger partial charge in [0, 0.05) is 17.6 Å². The van der Waals surface area contributed by atoms with Crippen LogP contribution in [-0.2, 0) is 4.79 Å². The summed E-state index contributed by atoms with van der Waals surface area (Å²) in [7, 11) is 0. The van der Waals surface area contributed by atoms with Crippen LogP contribution in [0, 0.1) is 0 Å². The van der Waals surface area contributed by atoms with Crippen molar-refractivity contribution < 1.29 is 4.79 Å². The number of ketones is 1. The lowest BCUT2D eigenvalue weighted by Gasteiger charge is -2.10. The zero-order valence-electron chi connectivity index (χ0n) is 7.84. The van der Waals surface area contributed by atoms with E-state index in [0.717, 1.165) is 0 Å². The molecular weight excluding hydrogens is 231 g/mol. The normalized spacial score (nSPS) is 15.3. The van der Waals surface area contributed by atoms with Crippen molar-refractivity contribution in [1.82, 2.24) is 0 Å². The molecular formula is C12H8Cl2O. The van der Waals surface area contributed by atoms with Crippen molar-refractivity contribution in [2.24, 2.45) is 0 Å². The summed E-state index contributed by atoms with van der Waals surface area (Å²) >= 11 is 11.9. The van der Waals surface area contributed by atoms with Gasteiger partial charge in [0.05, 0.1) is 10.0 Å². The van der Waals surface area contributed by atoms with Crippen LogP contribution >= 0.6 is 23.2 Å². The number of carbonyl (C=O) groups excluding carboxylic acids is 1. The number of allylic oxidation sites excluding steroid dienone is 4. The number of benzene rings is 1. The molecule has 2 rings (SSSR count). The van der Waals surface area contributed by atoms with E-state index < -0.39 is 0 Å². The van der Waals surface area contributed by atoms with Crippen molar-refractivity contribution >= 4 is 34.6 Å².